The maximum Gasteiger partial charge on any atom is 0.293 e. The Labute approximate surface area is 331 Å². The third kappa shape index (κ3) is 12.0. The van der Waals surface area contributed by atoms with Crippen molar-refractivity contribution in [3.05, 3.63) is 46.8 Å². The highest BCUT2D eigenvalue weighted by molar-refractivity contribution is 6.75. The summed E-state index contributed by atoms with van der Waals surface area (Å²) in [6.07, 6.45) is 7.31. The molecule has 54 heavy (non-hydrogen) atoms. The lowest BCUT2D eigenvalue weighted by molar-refractivity contribution is -0.383. The summed E-state index contributed by atoms with van der Waals surface area (Å²) < 4.78 is 21.9. The smallest absolute Gasteiger partial charge is 0.293 e. The van der Waals surface area contributed by atoms with Crippen LogP contribution in [0.15, 0.2) is 36.7 Å². The second-order valence-corrected chi connectivity index (χ2v) is 34.5. The molecule has 1 saturated heterocycles. The molecule has 0 aliphatic carbocycles. The molecular formula is C41H75N5O5Si3. The average Bonchev–Trinajstić information content (AvgIpc) is 3.04. The van der Waals surface area contributed by atoms with Gasteiger partial charge in [0.25, 0.3) is 5.69 Å². The van der Waals surface area contributed by atoms with Crippen molar-refractivity contribution >= 4 is 36.3 Å². The molecule has 4 atom stereocenters. The number of nitrogens with zero attached hydrogens (tertiary/aromatic N) is 4. The van der Waals surface area contributed by atoms with Crippen LogP contribution in [-0.2, 0) is 13.3 Å². The molecule has 10 nitrogen and oxygen atoms in total. The van der Waals surface area contributed by atoms with E-state index in [2.05, 4.69) is 129 Å². The van der Waals surface area contributed by atoms with Crippen LogP contribution in [-0.4, -0.2) is 89.2 Å². The molecule has 0 amide bonds. The van der Waals surface area contributed by atoms with Crippen LogP contribution in [0.3, 0.4) is 0 Å². The molecule has 2 heterocycles. The number of hydrogen-bond donors (Lipinski definition) is 1. The van der Waals surface area contributed by atoms with E-state index in [1.165, 1.54) is 0 Å². The number of likely N-dealkylation sites (tertiary alicyclic amines) is 1. The normalized spacial score (nSPS) is 21.0. The van der Waals surface area contributed by atoms with E-state index in [0.717, 1.165) is 38.8 Å². The van der Waals surface area contributed by atoms with Crippen molar-refractivity contribution in [2.24, 2.45) is 5.92 Å². The zero-order valence-electron chi connectivity index (χ0n) is 36.8. The number of nitro benzene ring substituents is 1. The van der Waals surface area contributed by atoms with Crippen LogP contribution in [0.5, 0.6) is 0 Å². The van der Waals surface area contributed by atoms with Gasteiger partial charge in [0.1, 0.15) is 5.69 Å². The number of anilines is 1. The highest BCUT2D eigenvalue weighted by Crippen LogP contribution is 2.44. The highest BCUT2D eigenvalue weighted by atomic mass is 28.4. The first-order chi connectivity index (χ1) is 24.7. The van der Waals surface area contributed by atoms with E-state index in [4.69, 9.17) is 13.3 Å². The molecule has 1 aliphatic rings. The van der Waals surface area contributed by atoms with Crippen LogP contribution < -0.4 is 5.32 Å². The largest absolute Gasteiger partial charge is 0.415 e. The minimum absolute atomic E-state index is 0.00805. The molecule has 0 unspecified atom stereocenters. The minimum atomic E-state index is -2.17. The van der Waals surface area contributed by atoms with E-state index in [9.17, 15) is 10.1 Å². The van der Waals surface area contributed by atoms with Crippen LogP contribution in [0.25, 0.3) is 11.4 Å². The lowest BCUT2D eigenvalue weighted by Crippen LogP contribution is -2.66. The fourth-order valence-electron chi connectivity index (χ4n) is 6.13. The van der Waals surface area contributed by atoms with Gasteiger partial charge in [-0.3, -0.25) is 15.0 Å². The Kier molecular flexibility index (Phi) is 15.5. The number of hydrogen-bond acceptors (Lipinski definition) is 9. The summed E-state index contributed by atoms with van der Waals surface area (Å²) in [7, 11) is -6.30. The monoisotopic (exact) mass is 802 g/mol. The molecule has 1 N–H and O–H groups in total. The number of nitrogens with one attached hydrogen (secondary N) is 1. The zero-order chi connectivity index (χ0) is 40.9. The van der Waals surface area contributed by atoms with Gasteiger partial charge in [0, 0.05) is 37.1 Å². The molecule has 1 aromatic carbocycles. The number of nitro groups is 1. The number of piperidine rings is 1. The van der Waals surface area contributed by atoms with Crippen molar-refractivity contribution in [3.63, 3.8) is 0 Å². The van der Waals surface area contributed by atoms with Gasteiger partial charge in [0.2, 0.25) is 0 Å². The van der Waals surface area contributed by atoms with Gasteiger partial charge in [0.05, 0.1) is 29.8 Å². The highest BCUT2D eigenvalue weighted by Gasteiger charge is 2.52. The Morgan fingerprint density at radius 3 is 1.89 bits per heavy atom. The van der Waals surface area contributed by atoms with Crippen LogP contribution in [0, 0.1) is 16.0 Å². The van der Waals surface area contributed by atoms with E-state index >= 15 is 0 Å². The lowest BCUT2D eigenvalue weighted by Gasteiger charge is -2.54. The molecule has 13 heteroatoms. The zero-order valence-corrected chi connectivity index (χ0v) is 39.8. The Morgan fingerprint density at radius 1 is 0.815 bits per heavy atom. The summed E-state index contributed by atoms with van der Waals surface area (Å²) in [6, 6.07) is 6.97. The number of aromatic nitrogens is 2. The first-order valence-electron chi connectivity index (χ1n) is 20.2. The van der Waals surface area contributed by atoms with Gasteiger partial charge < -0.3 is 18.6 Å². The SMILES string of the molecule is C[C@H]1CN(CCCCCCNc2ccc(-c3ncccn3)cc2[N+](=O)[O-])[C@H](CO[Si](C)(C)C(C)(C)C)[C@@H](O[Si](C)(C)C(C)(C)C)[C@@H]1O[Si](C)(C)C(C)(C)C. The molecule has 0 bridgehead atoms. The Morgan fingerprint density at radius 2 is 1.35 bits per heavy atom. The van der Waals surface area contributed by atoms with E-state index in [0.29, 0.717) is 36.1 Å². The predicted molar refractivity (Wildman–Crippen MR) is 233 cm³/mol. The molecule has 1 aliphatic heterocycles. The second kappa shape index (κ2) is 18.1. The van der Waals surface area contributed by atoms with Gasteiger partial charge in [0.15, 0.2) is 30.8 Å². The van der Waals surface area contributed by atoms with Crippen LogP contribution >= 0.6 is 0 Å². The second-order valence-electron chi connectivity index (χ2n) is 20.2. The summed E-state index contributed by atoms with van der Waals surface area (Å²) >= 11 is 0. The maximum absolute atomic E-state index is 11.9. The first kappa shape index (κ1) is 46.4. The van der Waals surface area contributed by atoms with Gasteiger partial charge in [-0.05, 0) is 97.9 Å². The Bertz CT molecular complexity index is 1510. The quantitative estimate of drug-likeness (QED) is 0.0723. The third-order valence-electron chi connectivity index (χ3n) is 12.9. The average molecular weight is 802 g/mol. The van der Waals surface area contributed by atoms with Crippen LogP contribution in [0.4, 0.5) is 11.4 Å². The standard InChI is InChI=1S/C41H75N5O5Si3/c1-31-29-45(27-20-18-17-19-24-42-33-23-22-32(28-34(33)46(47)48)38-43-25-21-26-44-38)35(30-49-52(11,12)39(2,3)4)37(51-54(15,16)41(8,9)10)36(31)50-53(13,14)40(5,6)7/h21-23,25-26,28,31,35-37,42H,17-20,24,27,29-30H2,1-16H3/t31-,35+,36+,37+/m0/s1. The van der Waals surface area contributed by atoms with Crippen molar-refractivity contribution in [2.75, 3.05) is 31.6 Å². The van der Waals surface area contributed by atoms with Crippen molar-refractivity contribution in [3.8, 4) is 11.4 Å². The lowest BCUT2D eigenvalue weighted by atomic mass is 9.88. The van der Waals surface area contributed by atoms with Gasteiger partial charge in [-0.2, -0.15) is 0 Å². The van der Waals surface area contributed by atoms with Crippen molar-refractivity contribution < 1.29 is 18.2 Å². The summed E-state index contributed by atoms with van der Waals surface area (Å²) in [5, 5.41) is 15.5. The summed E-state index contributed by atoms with van der Waals surface area (Å²) in [6.45, 7) is 40.7. The predicted octanol–water partition coefficient (Wildman–Crippen LogP) is 11.1. The van der Waals surface area contributed by atoms with E-state index in [1.54, 1.807) is 30.6 Å². The number of benzene rings is 1. The molecule has 1 aromatic heterocycles. The molecule has 3 rings (SSSR count). The first-order valence-corrected chi connectivity index (χ1v) is 28.9. The van der Waals surface area contributed by atoms with Crippen LogP contribution in [0.2, 0.25) is 54.4 Å². The summed E-state index contributed by atoms with van der Waals surface area (Å²) in [5.74, 6) is 0.790. The topological polar surface area (TPSA) is 112 Å². The maximum atomic E-state index is 11.9. The van der Waals surface area contributed by atoms with Crippen molar-refractivity contribution in [2.45, 2.75) is 168 Å². The molecule has 1 fully saturated rings. The van der Waals surface area contributed by atoms with E-state index in [1.807, 2.05) is 6.07 Å². The molecule has 306 valence electrons. The molecule has 0 saturated carbocycles. The molecule has 0 radical (unpaired) electrons. The van der Waals surface area contributed by atoms with Gasteiger partial charge >= 0.3 is 0 Å². The van der Waals surface area contributed by atoms with E-state index in [-0.39, 0.29) is 44.0 Å². The number of rotatable bonds is 17. The fourth-order valence-corrected chi connectivity index (χ4v) is 9.87. The molecule has 2 aromatic rings. The fraction of sp³-hybridized carbons (Fsp3) is 0.756. The molecular weight excluding hydrogens is 727 g/mol. The number of unbranched alkanes of at least 4 members (excludes halogenated alkanes) is 3. The van der Waals surface area contributed by atoms with Crippen molar-refractivity contribution in [1.82, 2.24) is 14.9 Å². The van der Waals surface area contributed by atoms with Gasteiger partial charge in [-0.15, -0.1) is 0 Å². The Balaban J connectivity index is 1.76. The van der Waals surface area contributed by atoms with Crippen molar-refractivity contribution in [1.29, 1.82) is 0 Å². The summed E-state index contributed by atoms with van der Waals surface area (Å²) in [5.41, 5.74) is 1.19. The van der Waals surface area contributed by atoms with E-state index < -0.39 is 25.0 Å². The van der Waals surface area contributed by atoms with Gasteiger partial charge in [-0.1, -0.05) is 82.1 Å². The summed E-state index contributed by atoms with van der Waals surface area (Å²) in [4.78, 5) is 22.7. The minimum Gasteiger partial charge on any atom is -0.415 e. The Hall–Kier alpha value is -2.01. The van der Waals surface area contributed by atoms with Crippen LogP contribution in [0.1, 0.15) is 94.9 Å². The third-order valence-corrected chi connectivity index (χ3v) is 26.3. The van der Waals surface area contributed by atoms with Gasteiger partial charge in [-0.25, -0.2) is 9.97 Å². The molecule has 0 spiro atoms.